The first-order valence-corrected chi connectivity index (χ1v) is 18.9. The van der Waals surface area contributed by atoms with E-state index in [1.807, 2.05) is 6.07 Å². The van der Waals surface area contributed by atoms with Gasteiger partial charge in [-0.1, -0.05) is 176 Å². The molecule has 0 N–H and O–H groups in total. The van der Waals surface area contributed by atoms with E-state index in [9.17, 15) is 0 Å². The number of nitrogens with zero attached hydrogens (tertiary/aromatic N) is 1. The van der Waals surface area contributed by atoms with Gasteiger partial charge in [-0.2, -0.15) is 0 Å². The van der Waals surface area contributed by atoms with E-state index in [4.69, 9.17) is 4.42 Å². The maximum atomic E-state index is 6.75. The Morgan fingerprint density at radius 1 is 0.400 bits per heavy atom. The lowest BCUT2D eigenvalue weighted by molar-refractivity contribution is 0.669. The van der Waals surface area contributed by atoms with Gasteiger partial charge >= 0.3 is 0 Å². The lowest BCUT2D eigenvalue weighted by atomic mass is 9.67. The minimum Gasteiger partial charge on any atom is -0.454 e. The second-order valence-corrected chi connectivity index (χ2v) is 14.4. The molecule has 11 rings (SSSR count). The average Bonchev–Trinajstić information content (AvgIpc) is 3.79. The number of fused-ring (bicyclic) bond motifs is 8. The fourth-order valence-electron chi connectivity index (χ4n) is 9.17. The molecule has 1 aliphatic carbocycles. The van der Waals surface area contributed by atoms with Gasteiger partial charge in [-0.15, -0.1) is 0 Å². The molecule has 258 valence electrons. The summed E-state index contributed by atoms with van der Waals surface area (Å²) >= 11 is 0. The van der Waals surface area contributed by atoms with Crippen LogP contribution in [0.2, 0.25) is 0 Å². The van der Waals surface area contributed by atoms with Crippen LogP contribution in [-0.4, -0.2) is 0 Å². The van der Waals surface area contributed by atoms with Crippen molar-refractivity contribution in [1.82, 2.24) is 0 Å². The number of hydrogen-bond acceptors (Lipinski definition) is 2. The molecule has 0 atom stereocenters. The van der Waals surface area contributed by atoms with Gasteiger partial charge in [0.15, 0.2) is 5.58 Å². The molecule has 0 fully saturated rings. The highest BCUT2D eigenvalue weighted by Gasteiger charge is 2.47. The molecular formula is C53H35NO. The zero-order valence-electron chi connectivity index (χ0n) is 30.1. The molecule has 9 aromatic carbocycles. The molecule has 2 nitrogen and oxygen atoms in total. The van der Waals surface area contributed by atoms with Gasteiger partial charge in [-0.25, -0.2) is 0 Å². The Kier molecular flexibility index (Phi) is 7.11. The largest absolute Gasteiger partial charge is 0.454 e. The topological polar surface area (TPSA) is 16.4 Å². The predicted molar refractivity (Wildman–Crippen MR) is 229 cm³/mol. The van der Waals surface area contributed by atoms with Crippen LogP contribution in [-0.2, 0) is 5.41 Å². The van der Waals surface area contributed by atoms with Crippen molar-refractivity contribution in [2.24, 2.45) is 0 Å². The molecular weight excluding hydrogens is 667 g/mol. The Balaban J connectivity index is 1.24. The summed E-state index contributed by atoms with van der Waals surface area (Å²) in [5.41, 5.74) is 14.2. The Bertz CT molecular complexity index is 3000. The average molecular weight is 702 g/mol. The van der Waals surface area contributed by atoms with E-state index < -0.39 is 5.41 Å². The number of para-hydroxylation sites is 2. The van der Waals surface area contributed by atoms with Gasteiger partial charge in [0, 0.05) is 22.1 Å². The zero-order chi connectivity index (χ0) is 36.3. The van der Waals surface area contributed by atoms with Gasteiger partial charge in [-0.05, 0) is 91.7 Å². The van der Waals surface area contributed by atoms with Crippen molar-refractivity contribution >= 4 is 49.8 Å². The SMILES string of the molecule is c1ccc(-c2cccc(N(c3ccc4c(c3)C(c3ccccc3)(c3ccccc3)c3ccc5ccccc5c3-4)c3cccc4c3oc3ccccc34)c2)cc1. The van der Waals surface area contributed by atoms with Crippen LogP contribution in [0.1, 0.15) is 22.3 Å². The second-order valence-electron chi connectivity index (χ2n) is 14.4. The summed E-state index contributed by atoms with van der Waals surface area (Å²) in [5, 5.41) is 4.72. The van der Waals surface area contributed by atoms with Gasteiger partial charge in [-0.3, -0.25) is 0 Å². The molecule has 0 saturated carbocycles. The van der Waals surface area contributed by atoms with Crippen molar-refractivity contribution in [3.63, 3.8) is 0 Å². The van der Waals surface area contributed by atoms with Gasteiger partial charge in [0.1, 0.15) is 5.58 Å². The van der Waals surface area contributed by atoms with Gasteiger partial charge in [0.05, 0.1) is 11.1 Å². The van der Waals surface area contributed by atoms with Crippen LogP contribution in [0.25, 0.3) is 55.0 Å². The number of benzene rings is 9. The monoisotopic (exact) mass is 701 g/mol. The Hall–Kier alpha value is -7.16. The molecule has 1 aromatic heterocycles. The lowest BCUT2D eigenvalue weighted by Gasteiger charge is -2.35. The minimum absolute atomic E-state index is 0.559. The first-order chi connectivity index (χ1) is 27.3. The second kappa shape index (κ2) is 12.5. The summed E-state index contributed by atoms with van der Waals surface area (Å²) in [6.07, 6.45) is 0. The highest BCUT2D eigenvalue weighted by atomic mass is 16.3. The standard InChI is InChI=1S/C53H35NO/c1-4-16-36(17-5-1)38-19-14-24-41(34-38)54(49-28-15-27-45-44-26-12-13-29-50(44)55-52(45)49)42-31-32-46-48(35-42)53(39-20-6-2-7-21-39,40-22-8-3-9-23-40)47-33-30-37-18-10-11-25-43(37)51(46)47/h1-35H. The van der Waals surface area contributed by atoms with Gasteiger partial charge < -0.3 is 9.32 Å². The summed E-state index contributed by atoms with van der Waals surface area (Å²) in [7, 11) is 0. The molecule has 0 saturated heterocycles. The fourth-order valence-corrected chi connectivity index (χ4v) is 9.17. The molecule has 2 heteroatoms. The van der Waals surface area contributed by atoms with Crippen molar-refractivity contribution in [1.29, 1.82) is 0 Å². The highest BCUT2D eigenvalue weighted by molar-refractivity contribution is 6.11. The molecule has 0 aliphatic heterocycles. The van der Waals surface area contributed by atoms with Crippen molar-refractivity contribution in [2.75, 3.05) is 4.90 Å². The van der Waals surface area contributed by atoms with Gasteiger partial charge in [0.25, 0.3) is 0 Å². The Labute approximate surface area is 320 Å². The van der Waals surface area contributed by atoms with Crippen LogP contribution in [0.3, 0.4) is 0 Å². The molecule has 0 unspecified atom stereocenters. The van der Waals surface area contributed by atoms with Crippen molar-refractivity contribution < 1.29 is 4.42 Å². The first-order valence-electron chi connectivity index (χ1n) is 18.9. The van der Waals surface area contributed by atoms with Crippen LogP contribution in [0.5, 0.6) is 0 Å². The summed E-state index contributed by atoms with van der Waals surface area (Å²) in [6.45, 7) is 0. The highest BCUT2D eigenvalue weighted by Crippen LogP contribution is 2.59. The van der Waals surface area contributed by atoms with Crippen LogP contribution in [0.4, 0.5) is 17.1 Å². The summed E-state index contributed by atoms with van der Waals surface area (Å²) < 4.78 is 6.75. The van der Waals surface area contributed by atoms with E-state index >= 15 is 0 Å². The summed E-state index contributed by atoms with van der Waals surface area (Å²) in [4.78, 5) is 2.39. The lowest BCUT2D eigenvalue weighted by Crippen LogP contribution is -2.28. The van der Waals surface area contributed by atoms with E-state index in [1.165, 1.54) is 49.7 Å². The van der Waals surface area contributed by atoms with Crippen molar-refractivity contribution in [3.05, 3.63) is 235 Å². The van der Waals surface area contributed by atoms with E-state index in [-0.39, 0.29) is 0 Å². The summed E-state index contributed by atoms with van der Waals surface area (Å²) in [5.74, 6) is 0. The van der Waals surface area contributed by atoms with Crippen molar-refractivity contribution in [2.45, 2.75) is 5.41 Å². The number of furan rings is 1. The Morgan fingerprint density at radius 2 is 1.02 bits per heavy atom. The third-order valence-electron chi connectivity index (χ3n) is 11.5. The maximum absolute atomic E-state index is 6.75. The van der Waals surface area contributed by atoms with Crippen LogP contribution in [0.15, 0.2) is 217 Å². The van der Waals surface area contributed by atoms with Crippen LogP contribution in [0, 0.1) is 0 Å². The normalized spacial score (nSPS) is 12.9. The molecule has 1 heterocycles. The molecule has 55 heavy (non-hydrogen) atoms. The summed E-state index contributed by atoms with van der Waals surface area (Å²) in [6, 6.07) is 77.0. The van der Waals surface area contributed by atoms with E-state index in [1.54, 1.807) is 0 Å². The number of rotatable bonds is 6. The molecule has 10 aromatic rings. The van der Waals surface area contributed by atoms with Crippen molar-refractivity contribution in [3.8, 4) is 22.3 Å². The van der Waals surface area contributed by atoms with Crippen LogP contribution >= 0.6 is 0 Å². The zero-order valence-corrected chi connectivity index (χ0v) is 30.1. The van der Waals surface area contributed by atoms with E-state index in [0.717, 1.165) is 44.6 Å². The fraction of sp³-hybridized carbons (Fsp3) is 0.0189. The van der Waals surface area contributed by atoms with Crippen LogP contribution < -0.4 is 4.90 Å². The molecule has 0 spiro atoms. The number of anilines is 3. The van der Waals surface area contributed by atoms with E-state index in [0.29, 0.717) is 0 Å². The third kappa shape index (κ3) is 4.75. The predicted octanol–water partition coefficient (Wildman–Crippen LogP) is 14.2. The third-order valence-corrected chi connectivity index (χ3v) is 11.5. The van der Waals surface area contributed by atoms with E-state index in [2.05, 4.69) is 211 Å². The molecule has 0 radical (unpaired) electrons. The molecule has 0 bridgehead atoms. The number of hydrogen-bond donors (Lipinski definition) is 0. The quantitative estimate of drug-likeness (QED) is 0.172. The molecule has 0 amide bonds. The van der Waals surface area contributed by atoms with Gasteiger partial charge in [0.2, 0.25) is 0 Å². The minimum atomic E-state index is -0.559. The molecule has 1 aliphatic rings. The smallest absolute Gasteiger partial charge is 0.159 e. The first kappa shape index (κ1) is 31.4. The maximum Gasteiger partial charge on any atom is 0.159 e. The Morgan fingerprint density at radius 3 is 1.80 bits per heavy atom.